The first-order valence-electron chi connectivity index (χ1n) is 19.6. The molecule has 2 heterocycles. The molecule has 0 aliphatic heterocycles. The topological polar surface area (TPSA) is 51.8 Å². The number of fused-ring (bicyclic) bond motifs is 9. The maximum atomic E-state index is 6.78. The molecule has 11 rings (SSSR count). The van der Waals surface area contributed by atoms with Crippen molar-refractivity contribution >= 4 is 121 Å². The highest BCUT2D eigenvalue weighted by Gasteiger charge is 2.18. The van der Waals surface area contributed by atoms with E-state index in [2.05, 4.69) is 91.0 Å². The fourth-order valence-electron chi connectivity index (χ4n) is 8.54. The van der Waals surface area contributed by atoms with Crippen LogP contribution in [-0.4, -0.2) is 54.2 Å². The standard InChI is InChI=1S/C51H26B5N3O/c52-43-42(44(53)46(55)47(56)45(43)54)27-17-19-29(20-18-27)50-57-49(28-9-2-1-3-10-28)58-51(59-50)31-22-24-38-39-16-8-15-32(48(39)60-41(38)26-31)30-21-23-37-35-13-5-4-11-33(35)34-12-6-7-14-36(34)40(37)25-30/h1-26H. The zero-order valence-electron chi connectivity index (χ0n) is 32.1. The Bertz CT molecular complexity index is 3490. The highest BCUT2D eigenvalue weighted by molar-refractivity contribution is 6.68. The van der Waals surface area contributed by atoms with Gasteiger partial charge in [-0.2, -0.15) is 0 Å². The van der Waals surface area contributed by atoms with Gasteiger partial charge in [-0.25, -0.2) is 15.0 Å². The maximum absolute atomic E-state index is 6.78. The molecule has 266 valence electrons. The summed E-state index contributed by atoms with van der Waals surface area (Å²) in [6.45, 7) is 0. The molecule has 0 amide bonds. The summed E-state index contributed by atoms with van der Waals surface area (Å²) in [5.74, 6) is 1.54. The van der Waals surface area contributed by atoms with Crippen molar-refractivity contribution in [3.05, 3.63) is 158 Å². The molecule has 2 aromatic heterocycles. The SMILES string of the molecule is [B]c1c([B])c([B])c(-c2ccc(-c3nc(-c4ccccc4)nc(-c4ccc5c(c4)oc4c(-c6ccc7c8ccccc8c8ccccc8c7c6)cccc45)n3)cc2)c([B])c1[B]. The summed E-state index contributed by atoms with van der Waals surface area (Å²) in [5.41, 5.74) is 8.44. The normalized spacial score (nSPS) is 11.7. The number of furan rings is 1. The summed E-state index contributed by atoms with van der Waals surface area (Å²) in [5, 5.41) is 9.43. The Balaban J connectivity index is 1.03. The lowest BCUT2D eigenvalue weighted by Crippen LogP contribution is -2.55. The van der Waals surface area contributed by atoms with E-state index in [-0.39, 0.29) is 27.3 Å². The van der Waals surface area contributed by atoms with Crippen molar-refractivity contribution in [2.45, 2.75) is 0 Å². The summed E-state index contributed by atoms with van der Waals surface area (Å²) >= 11 is 0. The average Bonchev–Trinajstić information content (AvgIpc) is 3.69. The monoisotopic (exact) mass is 751 g/mol. The van der Waals surface area contributed by atoms with Gasteiger partial charge in [-0.05, 0) is 67.2 Å². The van der Waals surface area contributed by atoms with Crippen LogP contribution in [-0.2, 0) is 0 Å². The van der Waals surface area contributed by atoms with Crippen LogP contribution in [0.1, 0.15) is 0 Å². The number of rotatable bonds is 5. The summed E-state index contributed by atoms with van der Waals surface area (Å²) < 4.78 is 6.78. The van der Waals surface area contributed by atoms with Gasteiger partial charge < -0.3 is 4.42 Å². The molecule has 10 radical (unpaired) electrons. The van der Waals surface area contributed by atoms with Gasteiger partial charge in [-0.1, -0.05) is 150 Å². The lowest BCUT2D eigenvalue weighted by molar-refractivity contribution is 0.670. The smallest absolute Gasteiger partial charge is 0.164 e. The predicted octanol–water partition coefficient (Wildman–Crippen LogP) is 7.53. The molecule has 0 saturated carbocycles. The van der Waals surface area contributed by atoms with E-state index >= 15 is 0 Å². The molecule has 0 spiro atoms. The lowest BCUT2D eigenvalue weighted by atomic mass is 9.59. The van der Waals surface area contributed by atoms with E-state index in [1.807, 2.05) is 66.7 Å². The van der Waals surface area contributed by atoms with Gasteiger partial charge in [-0.3, -0.25) is 0 Å². The first kappa shape index (κ1) is 36.0. The zero-order chi connectivity index (χ0) is 40.6. The van der Waals surface area contributed by atoms with Crippen LogP contribution in [0.15, 0.2) is 162 Å². The number of aromatic nitrogens is 3. The van der Waals surface area contributed by atoms with Crippen molar-refractivity contribution in [1.29, 1.82) is 0 Å². The quantitative estimate of drug-likeness (QED) is 0.135. The molecule has 9 heteroatoms. The number of hydrogen-bond acceptors (Lipinski definition) is 4. The Morgan fingerprint density at radius 1 is 0.317 bits per heavy atom. The van der Waals surface area contributed by atoms with Crippen molar-refractivity contribution in [1.82, 2.24) is 15.0 Å². The van der Waals surface area contributed by atoms with Crippen LogP contribution in [0.4, 0.5) is 0 Å². The lowest BCUT2D eigenvalue weighted by Gasteiger charge is -2.21. The Morgan fingerprint density at radius 2 is 0.767 bits per heavy atom. The van der Waals surface area contributed by atoms with E-state index in [9.17, 15) is 0 Å². The third-order valence-electron chi connectivity index (χ3n) is 11.6. The van der Waals surface area contributed by atoms with Crippen LogP contribution in [0.2, 0.25) is 0 Å². The highest BCUT2D eigenvalue weighted by atomic mass is 16.3. The van der Waals surface area contributed by atoms with Gasteiger partial charge in [-0.15, -0.1) is 16.4 Å². The number of para-hydroxylation sites is 1. The number of hydrogen-bond donors (Lipinski definition) is 0. The van der Waals surface area contributed by atoms with E-state index in [1.165, 1.54) is 32.3 Å². The van der Waals surface area contributed by atoms with E-state index in [0.717, 1.165) is 55.3 Å². The Kier molecular flexibility index (Phi) is 8.42. The Morgan fingerprint density at radius 3 is 1.40 bits per heavy atom. The summed E-state index contributed by atoms with van der Waals surface area (Å²) in [7, 11) is 31.2. The van der Waals surface area contributed by atoms with Crippen molar-refractivity contribution in [3.63, 3.8) is 0 Å². The van der Waals surface area contributed by atoms with E-state index < -0.39 is 0 Å². The molecule has 60 heavy (non-hydrogen) atoms. The molecule has 0 unspecified atom stereocenters. The Labute approximate surface area is 352 Å². The molecule has 4 nitrogen and oxygen atoms in total. The second-order valence-electron chi connectivity index (χ2n) is 15.0. The second-order valence-corrected chi connectivity index (χ2v) is 15.0. The fourth-order valence-corrected chi connectivity index (χ4v) is 8.54. The van der Waals surface area contributed by atoms with E-state index in [1.54, 1.807) is 0 Å². The molecular formula is C51H26B5N3O. The van der Waals surface area contributed by atoms with Crippen molar-refractivity contribution in [3.8, 4) is 56.4 Å². The minimum atomic E-state index is 0.172. The second kappa shape index (κ2) is 14.0. The summed E-state index contributed by atoms with van der Waals surface area (Å²) in [4.78, 5) is 14.9. The Hall–Kier alpha value is -7.11. The van der Waals surface area contributed by atoms with Gasteiger partial charge in [0.1, 0.15) is 50.4 Å². The third-order valence-corrected chi connectivity index (χ3v) is 11.6. The number of benzene rings is 9. The summed E-state index contributed by atoms with van der Waals surface area (Å²) in [6, 6.07) is 53.9. The molecule has 0 saturated heterocycles. The molecule has 11 aromatic rings. The first-order valence-corrected chi connectivity index (χ1v) is 19.6. The van der Waals surface area contributed by atoms with Gasteiger partial charge in [0, 0.05) is 33.0 Å². The van der Waals surface area contributed by atoms with Gasteiger partial charge in [0.05, 0.1) is 0 Å². The van der Waals surface area contributed by atoms with E-state index in [0.29, 0.717) is 23.0 Å². The zero-order valence-corrected chi connectivity index (χ0v) is 32.1. The van der Waals surface area contributed by atoms with Gasteiger partial charge in [0.15, 0.2) is 17.5 Å². The van der Waals surface area contributed by atoms with Crippen molar-refractivity contribution in [2.24, 2.45) is 0 Å². The minimum Gasteiger partial charge on any atom is -0.455 e. The predicted molar refractivity (Wildman–Crippen MR) is 254 cm³/mol. The van der Waals surface area contributed by atoms with Crippen molar-refractivity contribution < 1.29 is 4.42 Å². The molecule has 0 atom stereocenters. The maximum Gasteiger partial charge on any atom is 0.164 e. The van der Waals surface area contributed by atoms with Crippen LogP contribution in [0.5, 0.6) is 0 Å². The molecular weight excluding hydrogens is 725 g/mol. The average molecular weight is 751 g/mol. The third kappa shape index (κ3) is 5.72. The van der Waals surface area contributed by atoms with Crippen molar-refractivity contribution in [2.75, 3.05) is 0 Å². The first-order chi connectivity index (χ1) is 29.3. The van der Waals surface area contributed by atoms with Gasteiger partial charge in [0.2, 0.25) is 0 Å². The largest absolute Gasteiger partial charge is 0.455 e. The van der Waals surface area contributed by atoms with Gasteiger partial charge in [0.25, 0.3) is 0 Å². The molecule has 0 N–H and O–H groups in total. The highest BCUT2D eigenvalue weighted by Crippen LogP contribution is 2.41. The van der Waals surface area contributed by atoms with E-state index in [4.69, 9.17) is 58.6 Å². The number of nitrogens with zero attached hydrogens (tertiary/aromatic N) is 3. The van der Waals surface area contributed by atoms with Crippen LogP contribution in [0, 0.1) is 0 Å². The molecule has 9 aromatic carbocycles. The minimum absolute atomic E-state index is 0.172. The molecule has 0 aliphatic carbocycles. The summed E-state index contributed by atoms with van der Waals surface area (Å²) in [6.07, 6.45) is 0. The molecule has 0 aliphatic rings. The van der Waals surface area contributed by atoms with Crippen LogP contribution >= 0.6 is 0 Å². The van der Waals surface area contributed by atoms with Crippen LogP contribution in [0.3, 0.4) is 0 Å². The van der Waals surface area contributed by atoms with Crippen LogP contribution < -0.4 is 27.3 Å². The molecule has 0 bridgehead atoms. The van der Waals surface area contributed by atoms with Crippen LogP contribution in [0.25, 0.3) is 111 Å². The molecule has 0 fully saturated rings. The van der Waals surface area contributed by atoms with Gasteiger partial charge >= 0.3 is 0 Å². The fraction of sp³-hybridized carbons (Fsp3) is 0.